The lowest BCUT2D eigenvalue weighted by Crippen LogP contribution is -2.09. The third-order valence-corrected chi connectivity index (χ3v) is 4.53. The van der Waals surface area contributed by atoms with Crippen LogP contribution in [0.4, 0.5) is 11.8 Å². The predicted octanol–water partition coefficient (Wildman–Crippen LogP) is 2.86. The fraction of sp³-hybridized carbons (Fsp3) is 0.462. The number of thioether (sulfide) groups is 1. The number of aryl methyl sites for hydroxylation is 1. The van der Waals surface area contributed by atoms with Crippen molar-refractivity contribution in [2.75, 3.05) is 17.3 Å². The molecule has 2 heterocycles. The molecule has 0 saturated heterocycles. The molecule has 0 radical (unpaired) electrons. The lowest BCUT2D eigenvalue weighted by molar-refractivity contribution is 0.970. The van der Waals surface area contributed by atoms with Crippen LogP contribution in [0.5, 0.6) is 0 Å². The Morgan fingerprint density at radius 1 is 1.35 bits per heavy atom. The van der Waals surface area contributed by atoms with Gasteiger partial charge in [0.25, 0.3) is 0 Å². The average molecular weight is 309 g/mol. The van der Waals surface area contributed by atoms with Gasteiger partial charge in [-0.1, -0.05) is 6.92 Å². The number of nitrogens with two attached hydrogens (primary N) is 1. The van der Waals surface area contributed by atoms with E-state index in [4.69, 9.17) is 5.73 Å². The van der Waals surface area contributed by atoms with Gasteiger partial charge in [-0.2, -0.15) is 16.7 Å². The molecule has 0 aliphatic rings. The molecule has 0 aliphatic heterocycles. The summed E-state index contributed by atoms with van der Waals surface area (Å²) < 4.78 is 0. The van der Waals surface area contributed by atoms with E-state index in [1.54, 1.807) is 23.1 Å². The van der Waals surface area contributed by atoms with Crippen LogP contribution in [0.3, 0.4) is 0 Å². The summed E-state index contributed by atoms with van der Waals surface area (Å²) in [5.41, 5.74) is 8.80. The average Bonchev–Trinajstić information content (AvgIpc) is 2.84. The van der Waals surface area contributed by atoms with Crippen molar-refractivity contribution in [1.82, 2.24) is 15.0 Å². The highest BCUT2D eigenvalue weighted by Gasteiger charge is 2.09. The van der Waals surface area contributed by atoms with Crippen molar-refractivity contribution >= 4 is 34.9 Å². The molecule has 0 spiro atoms. The number of thiazole rings is 1. The Kier molecular flexibility index (Phi) is 5.19. The fourth-order valence-corrected chi connectivity index (χ4v) is 3.50. The van der Waals surface area contributed by atoms with Crippen LogP contribution in [-0.4, -0.2) is 21.2 Å². The summed E-state index contributed by atoms with van der Waals surface area (Å²) in [6, 6.07) is 0. The molecule has 0 saturated carbocycles. The zero-order chi connectivity index (χ0) is 14.5. The minimum Gasteiger partial charge on any atom is -0.368 e. The van der Waals surface area contributed by atoms with Gasteiger partial charge in [0.2, 0.25) is 5.95 Å². The Hall–Kier alpha value is -1.34. The second-order valence-corrected chi connectivity index (χ2v) is 6.18. The first-order valence-electron chi connectivity index (χ1n) is 6.43. The summed E-state index contributed by atoms with van der Waals surface area (Å²) >= 11 is 3.48. The van der Waals surface area contributed by atoms with Gasteiger partial charge < -0.3 is 11.1 Å². The van der Waals surface area contributed by atoms with Gasteiger partial charge in [-0.15, -0.1) is 11.3 Å². The Morgan fingerprint density at radius 3 is 2.85 bits per heavy atom. The topological polar surface area (TPSA) is 76.7 Å². The maximum Gasteiger partial charge on any atom is 0.222 e. The molecule has 0 aliphatic carbocycles. The van der Waals surface area contributed by atoms with Crippen molar-refractivity contribution < 1.29 is 0 Å². The van der Waals surface area contributed by atoms with Crippen LogP contribution in [0.15, 0.2) is 5.38 Å². The van der Waals surface area contributed by atoms with Crippen molar-refractivity contribution in [2.45, 2.75) is 32.6 Å². The maximum atomic E-state index is 5.72. The third-order valence-electron chi connectivity index (χ3n) is 2.89. The van der Waals surface area contributed by atoms with Crippen molar-refractivity contribution in [3.8, 4) is 0 Å². The molecule has 2 aromatic rings. The summed E-state index contributed by atoms with van der Waals surface area (Å²) in [5, 5.41) is 6.56. The zero-order valence-corrected chi connectivity index (χ0v) is 13.6. The minimum absolute atomic E-state index is 0.309. The molecule has 0 fully saturated rings. The van der Waals surface area contributed by atoms with Crippen LogP contribution < -0.4 is 11.1 Å². The van der Waals surface area contributed by atoms with Crippen molar-refractivity contribution in [2.24, 2.45) is 0 Å². The number of nitrogen functional groups attached to an aromatic ring is 1. The van der Waals surface area contributed by atoms with Crippen LogP contribution in [0, 0.1) is 6.92 Å². The van der Waals surface area contributed by atoms with E-state index in [9.17, 15) is 0 Å². The Bertz CT molecular complexity index is 582. The molecule has 20 heavy (non-hydrogen) atoms. The largest absolute Gasteiger partial charge is 0.368 e. The van der Waals surface area contributed by atoms with Gasteiger partial charge in [0.1, 0.15) is 10.8 Å². The van der Waals surface area contributed by atoms with E-state index in [1.807, 2.05) is 6.92 Å². The lowest BCUT2D eigenvalue weighted by Gasteiger charge is -2.11. The number of rotatable bonds is 6. The normalized spacial score (nSPS) is 10.8. The first kappa shape index (κ1) is 15.1. The van der Waals surface area contributed by atoms with Gasteiger partial charge in [0.15, 0.2) is 0 Å². The predicted molar refractivity (Wildman–Crippen MR) is 87.2 cm³/mol. The number of nitrogens with one attached hydrogen (secondary N) is 1. The van der Waals surface area contributed by atoms with Crippen LogP contribution >= 0.6 is 23.1 Å². The number of hydrogen-bond acceptors (Lipinski definition) is 7. The molecular formula is C13H19N5S2. The number of anilines is 2. The molecule has 5 nitrogen and oxygen atoms in total. The van der Waals surface area contributed by atoms with Crippen molar-refractivity contribution in [1.29, 1.82) is 0 Å². The molecule has 0 amide bonds. The molecule has 0 bridgehead atoms. The lowest BCUT2D eigenvalue weighted by atomic mass is 10.1. The monoisotopic (exact) mass is 309 g/mol. The summed E-state index contributed by atoms with van der Waals surface area (Å²) in [5.74, 6) is 2.09. The van der Waals surface area contributed by atoms with Gasteiger partial charge in [0, 0.05) is 22.4 Å². The van der Waals surface area contributed by atoms with Crippen LogP contribution in [0.2, 0.25) is 0 Å². The minimum atomic E-state index is 0.309. The number of aromatic nitrogens is 3. The standard InChI is InChI=1S/C13H19N5S2/c1-4-10-8(2)16-13(14)18-12(10)15-5-9-6-20-11(17-9)7-19-3/h6H,4-5,7H2,1-3H3,(H3,14,15,16,18). The van der Waals surface area contributed by atoms with Gasteiger partial charge in [0.05, 0.1) is 12.2 Å². The highest BCUT2D eigenvalue weighted by molar-refractivity contribution is 7.97. The van der Waals surface area contributed by atoms with Crippen LogP contribution in [-0.2, 0) is 18.7 Å². The molecule has 0 unspecified atom stereocenters. The molecule has 2 rings (SSSR count). The fourth-order valence-electron chi connectivity index (χ4n) is 1.98. The summed E-state index contributed by atoms with van der Waals surface area (Å²) in [4.78, 5) is 13.1. The molecule has 2 aromatic heterocycles. The number of nitrogens with zero attached hydrogens (tertiary/aromatic N) is 3. The summed E-state index contributed by atoms with van der Waals surface area (Å²) in [6.07, 6.45) is 2.96. The van der Waals surface area contributed by atoms with E-state index >= 15 is 0 Å². The molecular weight excluding hydrogens is 290 g/mol. The van der Waals surface area contributed by atoms with Gasteiger partial charge in [-0.3, -0.25) is 0 Å². The van der Waals surface area contributed by atoms with Crippen LogP contribution in [0.1, 0.15) is 28.9 Å². The molecule has 108 valence electrons. The Labute approximate surface area is 127 Å². The first-order valence-corrected chi connectivity index (χ1v) is 8.70. The second-order valence-electron chi connectivity index (χ2n) is 4.37. The van der Waals surface area contributed by atoms with E-state index in [1.165, 1.54) is 0 Å². The quantitative estimate of drug-likeness (QED) is 0.854. The van der Waals surface area contributed by atoms with Gasteiger partial charge in [-0.05, 0) is 19.6 Å². The van der Waals surface area contributed by atoms with Crippen molar-refractivity contribution in [3.63, 3.8) is 0 Å². The van der Waals surface area contributed by atoms with Gasteiger partial charge >= 0.3 is 0 Å². The molecule has 3 N–H and O–H groups in total. The third kappa shape index (κ3) is 3.61. The SMILES string of the molecule is CCc1c(C)nc(N)nc1NCc1csc(CSC)n1. The number of hydrogen-bond donors (Lipinski definition) is 2. The molecule has 0 aromatic carbocycles. The highest BCUT2D eigenvalue weighted by atomic mass is 32.2. The Balaban J connectivity index is 2.09. The molecule has 7 heteroatoms. The molecule has 0 atom stereocenters. The highest BCUT2D eigenvalue weighted by Crippen LogP contribution is 2.20. The van der Waals surface area contributed by atoms with Crippen LogP contribution in [0.25, 0.3) is 0 Å². The first-order chi connectivity index (χ1) is 9.63. The van der Waals surface area contributed by atoms with E-state index in [2.05, 4.69) is 38.8 Å². The van der Waals surface area contributed by atoms with E-state index in [0.29, 0.717) is 12.5 Å². The maximum absolute atomic E-state index is 5.72. The smallest absolute Gasteiger partial charge is 0.222 e. The van der Waals surface area contributed by atoms with E-state index < -0.39 is 0 Å². The summed E-state index contributed by atoms with van der Waals surface area (Å²) in [7, 11) is 0. The zero-order valence-electron chi connectivity index (χ0n) is 11.9. The van der Waals surface area contributed by atoms with E-state index in [-0.39, 0.29) is 0 Å². The van der Waals surface area contributed by atoms with Crippen molar-refractivity contribution in [3.05, 3.63) is 27.3 Å². The summed E-state index contributed by atoms with van der Waals surface area (Å²) in [6.45, 7) is 4.71. The Morgan fingerprint density at radius 2 is 2.15 bits per heavy atom. The van der Waals surface area contributed by atoms with E-state index in [0.717, 1.165) is 40.0 Å². The second kappa shape index (κ2) is 6.90. The van der Waals surface area contributed by atoms with Gasteiger partial charge in [-0.25, -0.2) is 9.97 Å².